The van der Waals surface area contributed by atoms with E-state index in [1.54, 1.807) is 22.7 Å². The van der Waals surface area contributed by atoms with Crippen LogP contribution in [0.2, 0.25) is 0 Å². The summed E-state index contributed by atoms with van der Waals surface area (Å²) >= 11 is 3.41. The van der Waals surface area contributed by atoms with Crippen molar-refractivity contribution in [3.05, 3.63) is 124 Å². The number of allylic oxidation sites excluding steroid dienone is 5. The van der Waals surface area contributed by atoms with Crippen molar-refractivity contribution in [3.8, 4) is 0 Å². The Kier molecular flexibility index (Phi) is 6.80. The number of rotatable bonds is 5. The van der Waals surface area contributed by atoms with E-state index in [9.17, 15) is 0 Å². The summed E-state index contributed by atoms with van der Waals surface area (Å²) in [4.78, 5) is 12.5. The molecule has 2 aliphatic rings. The van der Waals surface area contributed by atoms with E-state index in [2.05, 4.69) is 89.9 Å². The van der Waals surface area contributed by atoms with Gasteiger partial charge in [0.05, 0.1) is 26.0 Å². The molecule has 3 aromatic carbocycles. The first-order valence-electron chi connectivity index (χ1n) is 13.8. The molecule has 0 unspecified atom stereocenters. The Balaban J connectivity index is 1.27. The van der Waals surface area contributed by atoms with Crippen LogP contribution >= 0.6 is 22.7 Å². The third-order valence-corrected chi connectivity index (χ3v) is 9.40. The molecule has 0 spiro atoms. The molecule has 0 radical (unpaired) electrons. The van der Waals surface area contributed by atoms with Crippen molar-refractivity contribution < 1.29 is 4.74 Å². The largest absolute Gasteiger partial charge is 0.462 e. The molecule has 2 aliphatic heterocycles. The zero-order valence-electron chi connectivity index (χ0n) is 22.3. The van der Waals surface area contributed by atoms with Crippen molar-refractivity contribution in [1.29, 1.82) is 0 Å². The van der Waals surface area contributed by atoms with E-state index in [1.165, 1.54) is 34.3 Å². The van der Waals surface area contributed by atoms with Crippen LogP contribution in [-0.4, -0.2) is 23.1 Å². The lowest BCUT2D eigenvalue weighted by atomic mass is 10.0. The molecule has 0 saturated carbocycles. The molecule has 0 atom stereocenters. The third kappa shape index (κ3) is 5.12. The fraction of sp³-hybridized carbons (Fsp3) is 0.176. The standard InChI is InChI=1S/C34H29N3OS2/c1-23-21-25(22-27(38-23)18-15-24-13-16-26(17-14-24)37-19-7-2-8-20-37)32(33-35-28-9-3-5-11-30(28)39-33)34-36-29-10-4-6-12-31(29)40-34/h3-6,9-18,21-22H,2,7-8,19-20H2,1H3. The maximum Gasteiger partial charge on any atom is 0.128 e. The number of hydrogen-bond donors (Lipinski definition) is 0. The van der Waals surface area contributed by atoms with Gasteiger partial charge in [0.1, 0.15) is 21.5 Å². The van der Waals surface area contributed by atoms with Crippen molar-refractivity contribution >= 4 is 60.4 Å². The number of piperidine rings is 1. The summed E-state index contributed by atoms with van der Waals surface area (Å²) < 4.78 is 8.49. The van der Waals surface area contributed by atoms with Crippen molar-refractivity contribution in [2.75, 3.05) is 18.0 Å². The van der Waals surface area contributed by atoms with Crippen molar-refractivity contribution in [2.24, 2.45) is 0 Å². The predicted octanol–water partition coefficient (Wildman–Crippen LogP) is 9.23. The van der Waals surface area contributed by atoms with Gasteiger partial charge in [0.2, 0.25) is 0 Å². The SMILES string of the molecule is CC1=CC(=C(c2nc3ccccc3s2)c2nc3ccccc3s2)C=C(C=Cc2ccc(N3CCCCC3)cc2)O1. The fourth-order valence-corrected chi connectivity index (χ4v) is 7.44. The minimum atomic E-state index is 0.801. The number of benzene rings is 3. The lowest BCUT2D eigenvalue weighted by Gasteiger charge is -2.28. The number of anilines is 1. The van der Waals surface area contributed by atoms with Gasteiger partial charge in [-0.15, -0.1) is 22.7 Å². The highest BCUT2D eigenvalue weighted by molar-refractivity contribution is 7.22. The lowest BCUT2D eigenvalue weighted by Crippen LogP contribution is -2.29. The van der Waals surface area contributed by atoms with E-state index in [1.807, 2.05) is 19.1 Å². The number of fused-ring (bicyclic) bond motifs is 2. The molecule has 0 aliphatic carbocycles. The summed E-state index contributed by atoms with van der Waals surface area (Å²) in [6.45, 7) is 4.31. The molecule has 2 aromatic heterocycles. The zero-order chi connectivity index (χ0) is 26.9. The van der Waals surface area contributed by atoms with E-state index in [4.69, 9.17) is 14.7 Å². The van der Waals surface area contributed by atoms with E-state index in [-0.39, 0.29) is 0 Å². The quantitative estimate of drug-likeness (QED) is 0.215. The Hall–Kier alpha value is -4.00. The van der Waals surface area contributed by atoms with Crippen molar-refractivity contribution in [2.45, 2.75) is 26.2 Å². The number of aromatic nitrogens is 2. The smallest absolute Gasteiger partial charge is 0.128 e. The molecule has 0 bridgehead atoms. The van der Waals surface area contributed by atoms with Crippen molar-refractivity contribution in [3.63, 3.8) is 0 Å². The molecule has 1 fully saturated rings. The first kappa shape index (κ1) is 25.0. The number of para-hydroxylation sites is 2. The molecule has 6 heteroatoms. The van der Waals surface area contributed by atoms with Crippen LogP contribution in [0.4, 0.5) is 5.69 Å². The molecule has 7 rings (SSSR count). The minimum absolute atomic E-state index is 0.801. The molecule has 1 saturated heterocycles. The summed E-state index contributed by atoms with van der Waals surface area (Å²) in [5.74, 6) is 1.65. The number of nitrogens with zero attached hydrogens (tertiary/aromatic N) is 3. The number of ether oxygens (including phenoxy) is 1. The monoisotopic (exact) mass is 559 g/mol. The van der Waals surface area contributed by atoms with Gasteiger partial charge in [-0.25, -0.2) is 9.97 Å². The van der Waals surface area contributed by atoms with Crippen LogP contribution < -0.4 is 4.90 Å². The van der Waals surface area contributed by atoms with Gasteiger partial charge in [-0.2, -0.15) is 0 Å². The molecule has 198 valence electrons. The summed E-state index contributed by atoms with van der Waals surface area (Å²) in [6, 6.07) is 25.5. The third-order valence-electron chi connectivity index (χ3n) is 7.29. The molecule has 0 amide bonds. The van der Waals surface area contributed by atoms with Gasteiger partial charge < -0.3 is 9.64 Å². The van der Waals surface area contributed by atoms with Gasteiger partial charge in [-0.1, -0.05) is 42.5 Å². The lowest BCUT2D eigenvalue weighted by molar-refractivity contribution is 0.318. The van der Waals surface area contributed by atoms with Gasteiger partial charge in [0, 0.05) is 18.8 Å². The maximum absolute atomic E-state index is 6.16. The fourth-order valence-electron chi connectivity index (χ4n) is 5.31. The summed E-state index contributed by atoms with van der Waals surface area (Å²) in [6.07, 6.45) is 12.3. The average molecular weight is 560 g/mol. The highest BCUT2D eigenvalue weighted by Gasteiger charge is 2.21. The summed E-state index contributed by atoms with van der Waals surface area (Å²) in [5, 5.41) is 1.93. The Labute approximate surface area is 242 Å². The Morgan fingerprint density at radius 2 is 1.38 bits per heavy atom. The number of thiazole rings is 2. The highest BCUT2D eigenvalue weighted by atomic mass is 32.1. The Morgan fingerprint density at radius 1 is 0.750 bits per heavy atom. The first-order valence-corrected chi connectivity index (χ1v) is 15.4. The van der Waals surface area contributed by atoms with Gasteiger partial charge in [-0.3, -0.25) is 0 Å². The van der Waals surface area contributed by atoms with Crippen LogP contribution in [0.25, 0.3) is 32.1 Å². The second-order valence-electron chi connectivity index (χ2n) is 10.2. The number of hydrogen-bond acceptors (Lipinski definition) is 6. The van der Waals surface area contributed by atoms with E-state index in [0.717, 1.165) is 62.4 Å². The van der Waals surface area contributed by atoms with E-state index >= 15 is 0 Å². The molecule has 4 nitrogen and oxygen atoms in total. The van der Waals surface area contributed by atoms with Crippen LogP contribution in [0, 0.1) is 0 Å². The first-order chi connectivity index (χ1) is 19.7. The van der Waals surface area contributed by atoms with Gasteiger partial charge in [0.25, 0.3) is 0 Å². The van der Waals surface area contributed by atoms with E-state index in [0.29, 0.717) is 0 Å². The highest BCUT2D eigenvalue weighted by Crippen LogP contribution is 2.39. The van der Waals surface area contributed by atoms with E-state index < -0.39 is 0 Å². The topological polar surface area (TPSA) is 38.2 Å². The molecular formula is C34H29N3OS2. The van der Waals surface area contributed by atoms with Crippen molar-refractivity contribution in [1.82, 2.24) is 9.97 Å². The zero-order valence-corrected chi connectivity index (χ0v) is 24.0. The second kappa shape index (κ2) is 10.9. The van der Waals surface area contributed by atoms with Gasteiger partial charge in [-0.05, 0) is 91.9 Å². The van der Waals surface area contributed by atoms with Gasteiger partial charge >= 0.3 is 0 Å². The molecule has 5 aromatic rings. The maximum atomic E-state index is 6.16. The summed E-state index contributed by atoms with van der Waals surface area (Å²) in [5.41, 5.74) is 6.58. The van der Waals surface area contributed by atoms with Crippen LogP contribution in [-0.2, 0) is 4.74 Å². The van der Waals surface area contributed by atoms with Gasteiger partial charge in [0.15, 0.2) is 0 Å². The minimum Gasteiger partial charge on any atom is -0.462 e. The molecule has 4 heterocycles. The average Bonchev–Trinajstić information content (AvgIpc) is 3.61. The molecule has 40 heavy (non-hydrogen) atoms. The second-order valence-corrected chi connectivity index (χ2v) is 12.2. The normalized spacial score (nSPS) is 15.9. The van der Waals surface area contributed by atoms with Crippen LogP contribution in [0.15, 0.2) is 108 Å². The van der Waals surface area contributed by atoms with Crippen LogP contribution in [0.3, 0.4) is 0 Å². The predicted molar refractivity (Wildman–Crippen MR) is 170 cm³/mol. The Bertz CT molecular complexity index is 1670. The van der Waals surface area contributed by atoms with Crippen LogP contribution in [0.1, 0.15) is 41.8 Å². The summed E-state index contributed by atoms with van der Waals surface area (Å²) in [7, 11) is 0. The Morgan fingerprint density at radius 3 is 2.00 bits per heavy atom. The molecular weight excluding hydrogens is 531 g/mol. The van der Waals surface area contributed by atoms with Crippen LogP contribution in [0.5, 0.6) is 0 Å². The molecule has 0 N–H and O–H groups in total.